The minimum Gasteiger partial charge on any atom is -0.310 e. The molecule has 1 fully saturated rings. The second-order valence-corrected chi connectivity index (χ2v) is 4.59. The third-order valence-corrected chi connectivity index (χ3v) is 3.35. The Bertz CT molecular complexity index is 518. The molecule has 3 heteroatoms. The summed E-state index contributed by atoms with van der Waals surface area (Å²) in [6, 6.07) is 10.6. The van der Waals surface area contributed by atoms with Crippen molar-refractivity contribution in [2.24, 2.45) is 0 Å². The Morgan fingerprint density at radius 3 is 3.00 bits per heavy atom. The van der Waals surface area contributed by atoms with Crippen LogP contribution in [0.15, 0.2) is 30.3 Å². The van der Waals surface area contributed by atoms with Crippen molar-refractivity contribution in [3.63, 3.8) is 0 Å². The molecule has 0 spiro atoms. The topological polar surface area (TPSA) is 24.9 Å². The molecule has 1 aromatic heterocycles. The minimum atomic E-state index is 0.436. The lowest BCUT2D eigenvalue weighted by Gasteiger charge is -2.13. The minimum absolute atomic E-state index is 0.436. The molecule has 0 radical (unpaired) electrons. The van der Waals surface area contributed by atoms with Crippen molar-refractivity contribution in [1.29, 1.82) is 0 Å². The SMILES string of the molecule is Clc1cc([C@@H]2CCCN2)c2ccccc2n1. The summed E-state index contributed by atoms with van der Waals surface area (Å²) in [5.74, 6) is 0. The molecule has 0 aliphatic carbocycles. The number of benzene rings is 1. The van der Waals surface area contributed by atoms with Gasteiger partial charge in [-0.2, -0.15) is 0 Å². The molecule has 1 atom stereocenters. The fraction of sp³-hybridized carbons (Fsp3) is 0.308. The van der Waals surface area contributed by atoms with E-state index in [9.17, 15) is 0 Å². The lowest BCUT2D eigenvalue weighted by atomic mass is 10.0. The van der Waals surface area contributed by atoms with Gasteiger partial charge in [-0.25, -0.2) is 4.98 Å². The Morgan fingerprint density at radius 2 is 2.19 bits per heavy atom. The molecule has 16 heavy (non-hydrogen) atoms. The third kappa shape index (κ3) is 1.68. The molecular formula is C13H13ClN2. The van der Waals surface area contributed by atoms with Crippen LogP contribution in [-0.2, 0) is 0 Å². The molecular weight excluding hydrogens is 220 g/mol. The van der Waals surface area contributed by atoms with Gasteiger partial charge in [0.2, 0.25) is 0 Å². The second-order valence-electron chi connectivity index (χ2n) is 4.20. The van der Waals surface area contributed by atoms with E-state index in [0.717, 1.165) is 12.1 Å². The number of rotatable bonds is 1. The average molecular weight is 233 g/mol. The van der Waals surface area contributed by atoms with Crippen LogP contribution < -0.4 is 5.32 Å². The molecule has 82 valence electrons. The summed E-state index contributed by atoms with van der Waals surface area (Å²) in [5.41, 5.74) is 2.27. The number of halogens is 1. The molecule has 1 saturated heterocycles. The second kappa shape index (κ2) is 4.04. The van der Waals surface area contributed by atoms with Crippen molar-refractivity contribution in [2.45, 2.75) is 18.9 Å². The molecule has 2 aromatic rings. The largest absolute Gasteiger partial charge is 0.310 e. The molecule has 3 rings (SSSR count). The fourth-order valence-corrected chi connectivity index (χ4v) is 2.62. The Morgan fingerprint density at radius 1 is 1.31 bits per heavy atom. The van der Waals surface area contributed by atoms with Gasteiger partial charge in [-0.3, -0.25) is 0 Å². The van der Waals surface area contributed by atoms with E-state index in [-0.39, 0.29) is 0 Å². The predicted octanol–water partition coefficient (Wildman–Crippen LogP) is 3.31. The molecule has 2 heterocycles. The van der Waals surface area contributed by atoms with E-state index < -0.39 is 0 Å². The van der Waals surface area contributed by atoms with Crippen molar-refractivity contribution in [3.05, 3.63) is 41.0 Å². The van der Waals surface area contributed by atoms with E-state index in [0.29, 0.717) is 11.2 Å². The highest BCUT2D eigenvalue weighted by molar-refractivity contribution is 6.29. The highest BCUT2D eigenvalue weighted by atomic mass is 35.5. The van der Waals surface area contributed by atoms with Crippen LogP contribution in [0.1, 0.15) is 24.4 Å². The van der Waals surface area contributed by atoms with Crippen molar-refractivity contribution in [2.75, 3.05) is 6.54 Å². The number of para-hydroxylation sites is 1. The third-order valence-electron chi connectivity index (χ3n) is 3.15. The Hall–Kier alpha value is -1.12. The maximum absolute atomic E-state index is 6.06. The Labute approximate surface area is 99.6 Å². The van der Waals surface area contributed by atoms with Gasteiger partial charge >= 0.3 is 0 Å². The summed E-state index contributed by atoms with van der Waals surface area (Å²) < 4.78 is 0. The first kappa shape index (κ1) is 10.1. The summed E-state index contributed by atoms with van der Waals surface area (Å²) in [4.78, 5) is 4.35. The van der Waals surface area contributed by atoms with Crippen LogP contribution in [0.4, 0.5) is 0 Å². The molecule has 1 N–H and O–H groups in total. The van der Waals surface area contributed by atoms with E-state index in [2.05, 4.69) is 22.4 Å². The lowest BCUT2D eigenvalue weighted by Crippen LogP contribution is -2.13. The molecule has 1 aliphatic rings. The molecule has 0 amide bonds. The molecule has 0 unspecified atom stereocenters. The van der Waals surface area contributed by atoms with E-state index in [1.54, 1.807) is 0 Å². The van der Waals surface area contributed by atoms with Crippen LogP contribution in [0.5, 0.6) is 0 Å². The van der Waals surface area contributed by atoms with Gasteiger partial charge in [-0.05, 0) is 37.1 Å². The van der Waals surface area contributed by atoms with Crippen LogP contribution in [-0.4, -0.2) is 11.5 Å². The van der Waals surface area contributed by atoms with Crippen LogP contribution >= 0.6 is 11.6 Å². The summed E-state index contributed by atoms with van der Waals surface area (Å²) in [6.07, 6.45) is 2.42. The van der Waals surface area contributed by atoms with Gasteiger partial charge in [0.25, 0.3) is 0 Å². The lowest BCUT2D eigenvalue weighted by molar-refractivity contribution is 0.652. The smallest absolute Gasteiger partial charge is 0.130 e. The van der Waals surface area contributed by atoms with Crippen LogP contribution in [0.25, 0.3) is 10.9 Å². The summed E-state index contributed by atoms with van der Waals surface area (Å²) in [7, 11) is 0. The zero-order chi connectivity index (χ0) is 11.0. The highest BCUT2D eigenvalue weighted by Crippen LogP contribution is 2.30. The Kier molecular flexibility index (Phi) is 2.54. The van der Waals surface area contributed by atoms with Gasteiger partial charge in [0.1, 0.15) is 5.15 Å². The Balaban J connectivity index is 2.21. The molecule has 0 saturated carbocycles. The number of aromatic nitrogens is 1. The standard InChI is InChI=1S/C13H13ClN2/c14-13-8-10(11-6-3-7-15-11)9-4-1-2-5-12(9)16-13/h1-2,4-5,8,11,15H,3,6-7H2/t11-/m0/s1. The van der Waals surface area contributed by atoms with Gasteiger partial charge in [0, 0.05) is 11.4 Å². The van der Waals surface area contributed by atoms with E-state index in [1.165, 1.54) is 23.8 Å². The fourth-order valence-electron chi connectivity index (χ4n) is 2.41. The maximum Gasteiger partial charge on any atom is 0.130 e. The zero-order valence-electron chi connectivity index (χ0n) is 8.91. The maximum atomic E-state index is 6.06. The van der Waals surface area contributed by atoms with E-state index in [4.69, 9.17) is 11.6 Å². The number of nitrogens with zero attached hydrogens (tertiary/aromatic N) is 1. The van der Waals surface area contributed by atoms with Crippen molar-refractivity contribution >= 4 is 22.5 Å². The van der Waals surface area contributed by atoms with E-state index in [1.807, 2.05) is 18.2 Å². The first-order chi connectivity index (χ1) is 7.84. The van der Waals surface area contributed by atoms with E-state index >= 15 is 0 Å². The number of hydrogen-bond acceptors (Lipinski definition) is 2. The normalized spacial score (nSPS) is 20.4. The van der Waals surface area contributed by atoms with Gasteiger partial charge in [0.05, 0.1) is 5.52 Å². The summed E-state index contributed by atoms with van der Waals surface area (Å²) in [6.45, 7) is 1.10. The van der Waals surface area contributed by atoms with Gasteiger partial charge in [0.15, 0.2) is 0 Å². The molecule has 2 nitrogen and oxygen atoms in total. The van der Waals surface area contributed by atoms with Crippen molar-refractivity contribution < 1.29 is 0 Å². The first-order valence-electron chi connectivity index (χ1n) is 5.63. The van der Waals surface area contributed by atoms with Crippen LogP contribution in [0, 0.1) is 0 Å². The highest BCUT2D eigenvalue weighted by Gasteiger charge is 2.19. The number of hydrogen-bond donors (Lipinski definition) is 1. The van der Waals surface area contributed by atoms with Gasteiger partial charge < -0.3 is 5.32 Å². The quantitative estimate of drug-likeness (QED) is 0.763. The predicted molar refractivity (Wildman–Crippen MR) is 66.7 cm³/mol. The monoisotopic (exact) mass is 232 g/mol. The number of pyridine rings is 1. The molecule has 1 aliphatic heterocycles. The van der Waals surface area contributed by atoms with Crippen molar-refractivity contribution in [1.82, 2.24) is 10.3 Å². The van der Waals surface area contributed by atoms with Crippen LogP contribution in [0.3, 0.4) is 0 Å². The zero-order valence-corrected chi connectivity index (χ0v) is 9.67. The summed E-state index contributed by atoms with van der Waals surface area (Å²) >= 11 is 6.06. The molecule has 1 aromatic carbocycles. The van der Waals surface area contributed by atoms with Gasteiger partial charge in [-0.1, -0.05) is 29.8 Å². The van der Waals surface area contributed by atoms with Crippen LogP contribution in [0.2, 0.25) is 5.15 Å². The van der Waals surface area contributed by atoms with Gasteiger partial charge in [-0.15, -0.1) is 0 Å². The summed E-state index contributed by atoms with van der Waals surface area (Å²) in [5, 5.41) is 5.31. The van der Waals surface area contributed by atoms with Crippen molar-refractivity contribution in [3.8, 4) is 0 Å². The average Bonchev–Trinajstić information content (AvgIpc) is 2.81. The molecule has 0 bridgehead atoms. The first-order valence-corrected chi connectivity index (χ1v) is 6.01. The number of fused-ring (bicyclic) bond motifs is 1. The number of nitrogens with one attached hydrogen (secondary N) is 1.